The van der Waals surface area contributed by atoms with E-state index in [1.54, 1.807) is 30.5 Å². The molecule has 1 fully saturated rings. The van der Waals surface area contributed by atoms with Crippen molar-refractivity contribution in [2.45, 2.75) is 19.8 Å². The molecule has 1 aliphatic rings. The number of anilines is 3. The second kappa shape index (κ2) is 8.64. The molecular weight excluding hydrogens is 382 g/mol. The minimum absolute atomic E-state index is 0.170. The molecule has 2 aromatic heterocycles. The molecule has 1 aromatic carbocycles. The molecule has 0 aliphatic carbocycles. The van der Waals surface area contributed by atoms with Gasteiger partial charge in [0.05, 0.1) is 0 Å². The number of hydrogen-bond acceptors (Lipinski definition) is 7. The van der Waals surface area contributed by atoms with Crippen LogP contribution in [-0.2, 0) is 4.79 Å². The summed E-state index contributed by atoms with van der Waals surface area (Å²) in [5.41, 5.74) is 1.65. The number of nitrogens with one attached hydrogen (secondary N) is 2. The first-order valence-electron chi connectivity index (χ1n) is 9.70. The van der Waals surface area contributed by atoms with E-state index in [9.17, 15) is 9.59 Å². The van der Waals surface area contributed by atoms with Crippen LogP contribution in [-0.4, -0.2) is 44.8 Å². The third-order valence-corrected chi connectivity index (χ3v) is 4.60. The van der Waals surface area contributed by atoms with Crippen LogP contribution in [0.25, 0.3) is 11.5 Å². The molecule has 4 rings (SSSR count). The van der Waals surface area contributed by atoms with Crippen molar-refractivity contribution in [2.75, 3.05) is 28.6 Å². The Morgan fingerprint density at radius 3 is 2.37 bits per heavy atom. The lowest BCUT2D eigenvalue weighted by molar-refractivity contribution is -0.114. The molecule has 3 heterocycles. The summed E-state index contributed by atoms with van der Waals surface area (Å²) < 4.78 is 0. The second-order valence-electron chi connectivity index (χ2n) is 6.90. The smallest absolute Gasteiger partial charge is 0.258 e. The topological polar surface area (TPSA) is 113 Å². The highest BCUT2D eigenvalue weighted by atomic mass is 16.2. The summed E-state index contributed by atoms with van der Waals surface area (Å²) >= 11 is 0. The highest BCUT2D eigenvalue weighted by Crippen LogP contribution is 2.21. The largest absolute Gasteiger partial charge is 0.341 e. The number of nitrogens with zero attached hydrogens (tertiary/aromatic N) is 5. The van der Waals surface area contributed by atoms with Crippen molar-refractivity contribution < 1.29 is 9.59 Å². The zero-order chi connectivity index (χ0) is 20.9. The van der Waals surface area contributed by atoms with Gasteiger partial charge < -0.3 is 10.2 Å². The Kier molecular flexibility index (Phi) is 5.60. The Labute approximate surface area is 173 Å². The van der Waals surface area contributed by atoms with Crippen molar-refractivity contribution in [1.82, 2.24) is 19.9 Å². The first kappa shape index (κ1) is 19.4. The highest BCUT2D eigenvalue weighted by Gasteiger charge is 2.19. The lowest BCUT2D eigenvalue weighted by Gasteiger charge is -2.16. The van der Waals surface area contributed by atoms with Gasteiger partial charge in [0.15, 0.2) is 5.82 Å². The zero-order valence-corrected chi connectivity index (χ0v) is 16.5. The molecule has 0 radical (unpaired) electrons. The van der Waals surface area contributed by atoms with Gasteiger partial charge in [-0.05, 0) is 49.2 Å². The predicted molar refractivity (Wildman–Crippen MR) is 113 cm³/mol. The summed E-state index contributed by atoms with van der Waals surface area (Å²) in [6, 6.07) is 12.1. The van der Waals surface area contributed by atoms with E-state index in [2.05, 4.69) is 35.5 Å². The fourth-order valence-corrected chi connectivity index (χ4v) is 3.17. The van der Waals surface area contributed by atoms with Gasteiger partial charge in [0.1, 0.15) is 5.69 Å². The molecule has 152 valence electrons. The summed E-state index contributed by atoms with van der Waals surface area (Å²) in [5.74, 6) is 0.579. The number of aromatic nitrogens is 4. The van der Waals surface area contributed by atoms with Gasteiger partial charge in [-0.25, -0.2) is 0 Å². The monoisotopic (exact) mass is 403 g/mol. The number of hydrogen-bond donors (Lipinski definition) is 2. The third-order valence-electron chi connectivity index (χ3n) is 4.60. The normalized spacial score (nSPS) is 13.2. The van der Waals surface area contributed by atoms with Gasteiger partial charge in [-0.15, -0.1) is 0 Å². The molecule has 2 amide bonds. The van der Waals surface area contributed by atoms with Crippen molar-refractivity contribution in [1.29, 1.82) is 0 Å². The molecule has 30 heavy (non-hydrogen) atoms. The van der Waals surface area contributed by atoms with Crippen LogP contribution >= 0.6 is 0 Å². The van der Waals surface area contributed by atoms with Gasteiger partial charge in [0, 0.05) is 37.5 Å². The molecule has 9 nitrogen and oxygen atoms in total. The Morgan fingerprint density at radius 2 is 1.70 bits per heavy atom. The second-order valence-corrected chi connectivity index (χ2v) is 6.90. The minimum Gasteiger partial charge on any atom is -0.341 e. The van der Waals surface area contributed by atoms with Crippen LogP contribution in [0, 0.1) is 0 Å². The van der Waals surface area contributed by atoms with Gasteiger partial charge >= 0.3 is 0 Å². The number of pyridine rings is 1. The highest BCUT2D eigenvalue weighted by molar-refractivity contribution is 6.03. The van der Waals surface area contributed by atoms with E-state index in [0.29, 0.717) is 28.7 Å². The van der Waals surface area contributed by atoms with Gasteiger partial charge in [-0.1, -0.05) is 6.07 Å². The van der Waals surface area contributed by atoms with Crippen LogP contribution in [0.5, 0.6) is 0 Å². The molecule has 0 spiro atoms. The molecule has 0 atom stereocenters. The van der Waals surface area contributed by atoms with E-state index in [1.807, 2.05) is 18.2 Å². The molecule has 1 saturated heterocycles. The minimum atomic E-state index is -0.352. The first-order chi connectivity index (χ1) is 14.6. The summed E-state index contributed by atoms with van der Waals surface area (Å²) in [6.07, 6.45) is 3.82. The van der Waals surface area contributed by atoms with Crippen LogP contribution in [0.3, 0.4) is 0 Å². The van der Waals surface area contributed by atoms with Crippen molar-refractivity contribution in [3.05, 3.63) is 54.2 Å². The van der Waals surface area contributed by atoms with Crippen LogP contribution in [0.2, 0.25) is 0 Å². The van der Waals surface area contributed by atoms with Crippen LogP contribution in [0.1, 0.15) is 30.1 Å². The molecule has 0 saturated carbocycles. The summed E-state index contributed by atoms with van der Waals surface area (Å²) in [7, 11) is 0. The van der Waals surface area contributed by atoms with Crippen LogP contribution in [0.15, 0.2) is 48.7 Å². The number of benzene rings is 1. The van der Waals surface area contributed by atoms with E-state index in [-0.39, 0.29) is 17.8 Å². The first-order valence-corrected chi connectivity index (χ1v) is 9.70. The molecule has 3 aromatic rings. The Bertz CT molecular complexity index is 1050. The van der Waals surface area contributed by atoms with Gasteiger partial charge in [-0.3, -0.25) is 19.9 Å². The summed E-state index contributed by atoms with van der Waals surface area (Å²) in [4.78, 5) is 43.6. The molecule has 2 N–H and O–H groups in total. The van der Waals surface area contributed by atoms with Crippen LogP contribution in [0.4, 0.5) is 17.6 Å². The zero-order valence-electron chi connectivity index (χ0n) is 16.5. The number of rotatable bonds is 5. The van der Waals surface area contributed by atoms with E-state index in [0.717, 1.165) is 25.9 Å². The average Bonchev–Trinajstić information content (AvgIpc) is 3.29. The maximum absolute atomic E-state index is 12.7. The standard InChI is InChI=1S/C21H21N7O2/c1-14(29)23-16-9-7-15(8-10-16)19(30)26-20-24-18(17-6-2-3-11-22-17)25-21(27-20)28-12-4-5-13-28/h2-3,6-11H,4-5,12-13H2,1H3,(H,23,29)(H,24,25,26,27,30). The van der Waals surface area contributed by atoms with Crippen LogP contribution < -0.4 is 15.5 Å². The molecule has 0 unspecified atom stereocenters. The lowest BCUT2D eigenvalue weighted by atomic mass is 10.2. The number of carbonyl (C=O) groups is 2. The maximum Gasteiger partial charge on any atom is 0.258 e. The van der Waals surface area contributed by atoms with Gasteiger partial charge in [0.2, 0.25) is 17.8 Å². The lowest BCUT2D eigenvalue weighted by Crippen LogP contribution is -2.23. The van der Waals surface area contributed by atoms with Crippen molar-refractivity contribution in [3.8, 4) is 11.5 Å². The van der Waals surface area contributed by atoms with Crippen molar-refractivity contribution in [2.24, 2.45) is 0 Å². The Hall–Kier alpha value is -3.88. The fourth-order valence-electron chi connectivity index (χ4n) is 3.17. The molecule has 0 bridgehead atoms. The van der Waals surface area contributed by atoms with E-state index in [4.69, 9.17) is 0 Å². The number of carbonyl (C=O) groups excluding carboxylic acids is 2. The Balaban J connectivity index is 1.60. The van der Waals surface area contributed by atoms with E-state index < -0.39 is 0 Å². The van der Waals surface area contributed by atoms with Crippen molar-refractivity contribution >= 4 is 29.4 Å². The summed E-state index contributed by atoms with van der Waals surface area (Å²) in [5, 5.41) is 5.42. The van der Waals surface area contributed by atoms with E-state index >= 15 is 0 Å². The molecule has 1 aliphatic heterocycles. The maximum atomic E-state index is 12.7. The summed E-state index contributed by atoms with van der Waals surface area (Å²) in [6.45, 7) is 3.16. The van der Waals surface area contributed by atoms with Gasteiger partial charge in [0.25, 0.3) is 5.91 Å². The fraction of sp³-hybridized carbons (Fsp3) is 0.238. The molecular formula is C21H21N7O2. The third kappa shape index (κ3) is 4.57. The predicted octanol–water partition coefficient (Wildman–Crippen LogP) is 2.74. The van der Waals surface area contributed by atoms with Gasteiger partial charge in [-0.2, -0.15) is 15.0 Å². The van der Waals surface area contributed by atoms with Crippen molar-refractivity contribution in [3.63, 3.8) is 0 Å². The molecule has 9 heteroatoms. The van der Waals surface area contributed by atoms with E-state index in [1.165, 1.54) is 6.92 Å². The number of amides is 2. The quantitative estimate of drug-likeness (QED) is 0.673. The Morgan fingerprint density at radius 1 is 0.933 bits per heavy atom. The SMILES string of the molecule is CC(=O)Nc1ccc(C(=O)Nc2nc(-c3ccccn3)nc(N3CCCC3)n2)cc1. The average molecular weight is 403 g/mol.